The van der Waals surface area contributed by atoms with Crippen molar-refractivity contribution in [1.82, 2.24) is 9.78 Å². The van der Waals surface area contributed by atoms with Crippen molar-refractivity contribution in [1.29, 1.82) is 0 Å². The average Bonchev–Trinajstić information content (AvgIpc) is 2.41. The molecular weight excluding hydrogens is 308 g/mol. The maximum atomic E-state index is 12.0. The lowest BCUT2D eigenvalue weighted by atomic mass is 10.3. The zero-order chi connectivity index (χ0) is 13.8. The van der Waals surface area contributed by atoms with E-state index in [1.165, 1.54) is 4.68 Å². The van der Waals surface area contributed by atoms with Crippen molar-refractivity contribution in [2.24, 2.45) is 0 Å². The fourth-order valence-corrected chi connectivity index (χ4v) is 2.05. The molecule has 0 aliphatic heterocycles. The minimum atomic E-state index is -0.137. The summed E-state index contributed by atoms with van der Waals surface area (Å²) < 4.78 is 1.92. The first-order valence-corrected chi connectivity index (χ1v) is 6.79. The average molecular weight is 323 g/mol. The van der Waals surface area contributed by atoms with Gasteiger partial charge in [-0.25, -0.2) is 4.68 Å². The molecule has 1 aromatic heterocycles. The summed E-state index contributed by atoms with van der Waals surface area (Å²) in [6, 6.07) is 7.28. The number of nitrogens with two attached hydrogens (primary N) is 1. The number of nitrogens with one attached hydrogen (secondary N) is 1. The van der Waals surface area contributed by atoms with Crippen molar-refractivity contribution in [3.8, 4) is 0 Å². The SMILES string of the molecule is CCCn1ncc(Nc2ccc(N)cc2)c(Br)c1=O. The molecule has 0 spiro atoms. The van der Waals surface area contributed by atoms with Crippen LogP contribution >= 0.6 is 15.9 Å². The van der Waals surface area contributed by atoms with Gasteiger partial charge in [-0.05, 0) is 46.6 Å². The Balaban J connectivity index is 2.29. The normalized spacial score (nSPS) is 10.4. The number of nitrogens with zero attached hydrogens (tertiary/aromatic N) is 2. The summed E-state index contributed by atoms with van der Waals surface area (Å²) in [5, 5.41) is 7.26. The van der Waals surface area contributed by atoms with Crippen LogP contribution in [0.3, 0.4) is 0 Å². The smallest absolute Gasteiger partial charge is 0.283 e. The Hall–Kier alpha value is -1.82. The van der Waals surface area contributed by atoms with E-state index in [1.54, 1.807) is 18.3 Å². The van der Waals surface area contributed by atoms with Gasteiger partial charge in [0.1, 0.15) is 4.47 Å². The van der Waals surface area contributed by atoms with Crippen LogP contribution < -0.4 is 16.6 Å². The van der Waals surface area contributed by atoms with E-state index in [4.69, 9.17) is 5.73 Å². The summed E-state index contributed by atoms with van der Waals surface area (Å²) in [6.45, 7) is 2.61. The fourth-order valence-electron chi connectivity index (χ4n) is 1.65. The Morgan fingerprint density at radius 3 is 2.68 bits per heavy atom. The maximum absolute atomic E-state index is 12.0. The summed E-state index contributed by atoms with van der Waals surface area (Å²) in [5.41, 5.74) is 7.68. The third-order valence-electron chi connectivity index (χ3n) is 2.61. The number of hydrogen-bond donors (Lipinski definition) is 2. The number of halogens is 1. The molecule has 6 heteroatoms. The van der Waals surface area contributed by atoms with Gasteiger partial charge in [0.15, 0.2) is 0 Å². The summed E-state index contributed by atoms with van der Waals surface area (Å²) in [4.78, 5) is 12.0. The lowest BCUT2D eigenvalue weighted by Gasteiger charge is -2.10. The highest BCUT2D eigenvalue weighted by Gasteiger charge is 2.08. The largest absolute Gasteiger partial charge is 0.399 e. The molecule has 0 aliphatic rings. The second kappa shape index (κ2) is 5.88. The van der Waals surface area contributed by atoms with Gasteiger partial charge in [0.05, 0.1) is 11.9 Å². The molecule has 1 aromatic carbocycles. The first-order valence-electron chi connectivity index (χ1n) is 6.00. The Kier molecular flexibility index (Phi) is 4.21. The quantitative estimate of drug-likeness (QED) is 0.849. The van der Waals surface area contributed by atoms with E-state index in [0.717, 1.165) is 12.1 Å². The first-order chi connectivity index (χ1) is 9.11. The van der Waals surface area contributed by atoms with E-state index in [0.29, 0.717) is 22.4 Å². The number of nitrogen functional groups attached to an aromatic ring is 1. The van der Waals surface area contributed by atoms with Crippen LogP contribution in [0.15, 0.2) is 39.7 Å². The molecule has 19 heavy (non-hydrogen) atoms. The molecule has 0 radical (unpaired) electrons. The van der Waals surface area contributed by atoms with E-state index >= 15 is 0 Å². The van der Waals surface area contributed by atoms with Crippen LogP contribution in [0, 0.1) is 0 Å². The molecule has 5 nitrogen and oxygen atoms in total. The Morgan fingerprint density at radius 1 is 1.37 bits per heavy atom. The van der Waals surface area contributed by atoms with E-state index < -0.39 is 0 Å². The first kappa shape index (κ1) is 13.6. The molecular formula is C13H15BrN4O. The summed E-state index contributed by atoms with van der Waals surface area (Å²) in [6.07, 6.45) is 2.50. The van der Waals surface area contributed by atoms with Gasteiger partial charge < -0.3 is 11.1 Å². The minimum absolute atomic E-state index is 0.137. The van der Waals surface area contributed by atoms with Gasteiger partial charge in [-0.1, -0.05) is 6.92 Å². The zero-order valence-electron chi connectivity index (χ0n) is 10.6. The van der Waals surface area contributed by atoms with Gasteiger partial charge in [0.2, 0.25) is 0 Å². The van der Waals surface area contributed by atoms with E-state index in [-0.39, 0.29) is 5.56 Å². The molecule has 3 N–H and O–H groups in total. The van der Waals surface area contributed by atoms with Gasteiger partial charge in [0.25, 0.3) is 5.56 Å². The van der Waals surface area contributed by atoms with Crippen LogP contribution in [-0.4, -0.2) is 9.78 Å². The number of aryl methyl sites for hydroxylation is 1. The highest BCUT2D eigenvalue weighted by Crippen LogP contribution is 2.22. The lowest BCUT2D eigenvalue weighted by Crippen LogP contribution is -2.24. The van der Waals surface area contributed by atoms with Gasteiger partial charge in [0, 0.05) is 17.9 Å². The van der Waals surface area contributed by atoms with Crippen molar-refractivity contribution < 1.29 is 0 Å². The van der Waals surface area contributed by atoms with Crippen molar-refractivity contribution in [2.75, 3.05) is 11.1 Å². The summed E-state index contributed by atoms with van der Waals surface area (Å²) in [5.74, 6) is 0. The monoisotopic (exact) mass is 322 g/mol. The molecule has 0 unspecified atom stereocenters. The minimum Gasteiger partial charge on any atom is -0.399 e. The van der Waals surface area contributed by atoms with Crippen molar-refractivity contribution >= 4 is 33.0 Å². The molecule has 0 atom stereocenters. The Labute approximate surface area is 119 Å². The number of aromatic nitrogens is 2. The summed E-state index contributed by atoms with van der Waals surface area (Å²) >= 11 is 3.31. The number of rotatable bonds is 4. The molecule has 100 valence electrons. The van der Waals surface area contributed by atoms with Crippen molar-refractivity contribution in [3.05, 3.63) is 45.3 Å². The molecule has 0 amide bonds. The highest BCUT2D eigenvalue weighted by molar-refractivity contribution is 9.10. The van der Waals surface area contributed by atoms with Crippen LogP contribution in [0.5, 0.6) is 0 Å². The van der Waals surface area contributed by atoms with Crippen LogP contribution in [0.4, 0.5) is 17.1 Å². The van der Waals surface area contributed by atoms with Crippen LogP contribution in [0.1, 0.15) is 13.3 Å². The van der Waals surface area contributed by atoms with Crippen LogP contribution in [-0.2, 0) is 6.54 Å². The third-order valence-corrected chi connectivity index (χ3v) is 3.38. The maximum Gasteiger partial charge on any atom is 0.283 e. The molecule has 0 fully saturated rings. The zero-order valence-corrected chi connectivity index (χ0v) is 12.1. The number of hydrogen-bond acceptors (Lipinski definition) is 4. The molecule has 0 aliphatic carbocycles. The van der Waals surface area contributed by atoms with E-state index in [1.807, 2.05) is 19.1 Å². The van der Waals surface area contributed by atoms with Crippen LogP contribution in [0.25, 0.3) is 0 Å². The molecule has 0 saturated carbocycles. The van der Waals surface area contributed by atoms with Gasteiger partial charge in [-0.2, -0.15) is 5.10 Å². The Morgan fingerprint density at radius 2 is 2.05 bits per heavy atom. The molecule has 0 bridgehead atoms. The van der Waals surface area contributed by atoms with Crippen molar-refractivity contribution in [2.45, 2.75) is 19.9 Å². The molecule has 2 rings (SSSR count). The van der Waals surface area contributed by atoms with E-state index in [2.05, 4.69) is 26.3 Å². The highest BCUT2D eigenvalue weighted by atomic mass is 79.9. The van der Waals surface area contributed by atoms with Gasteiger partial charge in [-0.3, -0.25) is 4.79 Å². The predicted molar refractivity (Wildman–Crippen MR) is 80.6 cm³/mol. The van der Waals surface area contributed by atoms with Crippen LogP contribution in [0.2, 0.25) is 0 Å². The van der Waals surface area contributed by atoms with Gasteiger partial charge in [-0.15, -0.1) is 0 Å². The van der Waals surface area contributed by atoms with Gasteiger partial charge >= 0.3 is 0 Å². The second-order valence-corrected chi connectivity index (χ2v) is 4.94. The molecule has 1 heterocycles. The second-order valence-electron chi connectivity index (χ2n) is 4.15. The van der Waals surface area contributed by atoms with E-state index in [9.17, 15) is 4.79 Å². The Bertz CT molecular complexity index is 622. The standard InChI is InChI=1S/C13H15BrN4O/c1-2-7-18-13(19)12(14)11(8-16-18)17-10-5-3-9(15)4-6-10/h3-6,8,17H,2,7,15H2,1H3. The summed E-state index contributed by atoms with van der Waals surface area (Å²) in [7, 11) is 0. The molecule has 0 saturated heterocycles. The third kappa shape index (κ3) is 3.14. The number of anilines is 3. The fraction of sp³-hybridized carbons (Fsp3) is 0.231. The molecule has 2 aromatic rings. The predicted octanol–water partition coefficient (Wildman–Crippen LogP) is 2.74. The topological polar surface area (TPSA) is 72.9 Å². The lowest BCUT2D eigenvalue weighted by molar-refractivity contribution is 0.566. The van der Waals surface area contributed by atoms with Crippen molar-refractivity contribution in [3.63, 3.8) is 0 Å². The number of benzene rings is 1.